The first-order chi connectivity index (χ1) is 19.1. The monoisotopic (exact) mass is 583 g/mol. The fourth-order valence-corrected chi connectivity index (χ4v) is 5.34. The van der Waals surface area contributed by atoms with E-state index in [1.165, 1.54) is 0 Å². The molecule has 1 amide bonds. The van der Waals surface area contributed by atoms with Crippen LogP contribution in [0.25, 0.3) is 22.2 Å². The van der Waals surface area contributed by atoms with Crippen LogP contribution >= 0.6 is 23.2 Å². The summed E-state index contributed by atoms with van der Waals surface area (Å²) in [6.45, 7) is 7.99. The van der Waals surface area contributed by atoms with E-state index in [0.29, 0.717) is 39.5 Å². The second-order valence-corrected chi connectivity index (χ2v) is 11.4. The fraction of sp³-hybridized carbons (Fsp3) is 0.379. The predicted octanol–water partition coefficient (Wildman–Crippen LogP) is 7.99. The van der Waals surface area contributed by atoms with E-state index in [2.05, 4.69) is 15.3 Å². The molecule has 11 heteroatoms. The number of nitrogens with zero attached hydrogens (tertiary/aromatic N) is 4. The highest BCUT2D eigenvalue weighted by Crippen LogP contribution is 2.37. The van der Waals surface area contributed by atoms with Gasteiger partial charge in [0.1, 0.15) is 29.0 Å². The van der Waals surface area contributed by atoms with Crippen LogP contribution in [-0.4, -0.2) is 38.0 Å². The molecule has 4 heterocycles. The van der Waals surface area contributed by atoms with E-state index in [1.807, 2.05) is 35.9 Å². The minimum absolute atomic E-state index is 0.175. The molecule has 0 bridgehead atoms. The molecule has 1 fully saturated rings. The lowest BCUT2D eigenvalue weighted by Crippen LogP contribution is -2.27. The molecule has 1 saturated heterocycles. The molecule has 5 rings (SSSR count). The molecular weight excluding hydrogens is 553 g/mol. The van der Waals surface area contributed by atoms with Crippen LogP contribution in [0.15, 0.2) is 48.9 Å². The van der Waals surface area contributed by atoms with Crippen molar-refractivity contribution in [3.63, 3.8) is 0 Å². The number of anilines is 1. The number of rotatable bonds is 6. The first-order valence-corrected chi connectivity index (χ1v) is 13.9. The highest BCUT2D eigenvalue weighted by molar-refractivity contribution is 6.35. The van der Waals surface area contributed by atoms with Gasteiger partial charge < -0.3 is 14.2 Å². The molecule has 9 nitrogen and oxygen atoms in total. The molecule has 1 aliphatic rings. The molecule has 0 radical (unpaired) electrons. The van der Waals surface area contributed by atoms with E-state index in [4.69, 9.17) is 42.5 Å². The third-order valence-corrected chi connectivity index (χ3v) is 6.98. The molecule has 40 heavy (non-hydrogen) atoms. The molecule has 4 aromatic rings. The van der Waals surface area contributed by atoms with Gasteiger partial charge in [0.15, 0.2) is 6.23 Å². The molecular formula is C29H31Cl2N5O4. The number of ether oxygens (including phenoxy) is 3. The second-order valence-electron chi connectivity index (χ2n) is 10.6. The van der Waals surface area contributed by atoms with Crippen molar-refractivity contribution in [2.75, 3.05) is 11.9 Å². The molecule has 1 unspecified atom stereocenters. The molecule has 1 aromatic carbocycles. The highest BCUT2D eigenvalue weighted by atomic mass is 35.5. The summed E-state index contributed by atoms with van der Waals surface area (Å²) >= 11 is 12.7. The number of fused-ring (bicyclic) bond motifs is 1. The van der Waals surface area contributed by atoms with Gasteiger partial charge in [0, 0.05) is 41.7 Å². The van der Waals surface area contributed by atoms with Gasteiger partial charge >= 0.3 is 6.09 Å². The average molecular weight is 585 g/mol. The summed E-state index contributed by atoms with van der Waals surface area (Å²) < 4.78 is 19.7. The number of carbonyl (C=O) groups is 1. The normalized spacial score (nSPS) is 16.5. The van der Waals surface area contributed by atoms with E-state index in [1.54, 1.807) is 45.4 Å². The van der Waals surface area contributed by atoms with E-state index in [9.17, 15) is 4.79 Å². The number of pyridine rings is 2. The molecule has 0 aliphatic carbocycles. The maximum atomic E-state index is 12.4. The quantitative estimate of drug-likeness (QED) is 0.245. The second kappa shape index (κ2) is 11.6. The van der Waals surface area contributed by atoms with Crippen molar-refractivity contribution >= 4 is 46.0 Å². The maximum Gasteiger partial charge on any atom is 0.413 e. The molecule has 1 N–H and O–H groups in total. The number of aromatic nitrogens is 4. The van der Waals surface area contributed by atoms with Crippen LogP contribution in [-0.2, 0) is 9.47 Å². The number of benzene rings is 1. The van der Waals surface area contributed by atoms with Gasteiger partial charge in [-0.1, -0.05) is 23.2 Å². The number of hydrogen-bond donors (Lipinski definition) is 1. The van der Waals surface area contributed by atoms with Crippen molar-refractivity contribution in [2.24, 2.45) is 0 Å². The Morgan fingerprint density at radius 3 is 2.62 bits per heavy atom. The molecule has 1 aliphatic heterocycles. The largest absolute Gasteiger partial charge is 0.486 e. The highest BCUT2D eigenvalue weighted by Gasteiger charge is 2.24. The number of carbonyl (C=O) groups excluding carboxylic acids is 1. The summed E-state index contributed by atoms with van der Waals surface area (Å²) in [6, 6.07) is 9.43. The Morgan fingerprint density at radius 2 is 1.93 bits per heavy atom. The SMILES string of the molecule is C[C@@H](Oc1ccc2c(c1)c(-c1ccnc(NC(=O)OC(C)(C)C)c1)nn2C1CCCCO1)c1c(Cl)cncc1Cl. The number of halogens is 2. The molecule has 3 aromatic heterocycles. The lowest BCUT2D eigenvalue weighted by atomic mass is 10.1. The smallest absolute Gasteiger partial charge is 0.413 e. The van der Waals surface area contributed by atoms with Crippen LogP contribution in [0.4, 0.5) is 10.6 Å². The standard InChI is InChI=1S/C29H31Cl2N5O4/c1-17(26-21(30)15-32-16-22(26)31)39-19-8-9-23-20(14-19)27(35-36(23)25-7-5-6-12-38-25)18-10-11-33-24(13-18)34-28(37)40-29(2,3)4/h8-11,13-17,25H,5-7,12H2,1-4H3,(H,33,34,37)/t17-,25?/m1/s1. The van der Waals surface area contributed by atoms with Crippen LogP contribution < -0.4 is 10.1 Å². The summed E-state index contributed by atoms with van der Waals surface area (Å²) in [6.07, 6.45) is 6.50. The topological polar surface area (TPSA) is 100 Å². The van der Waals surface area contributed by atoms with Crippen LogP contribution in [0.2, 0.25) is 10.0 Å². The summed E-state index contributed by atoms with van der Waals surface area (Å²) in [5.41, 5.74) is 2.41. The zero-order valence-corrected chi connectivity index (χ0v) is 24.3. The minimum Gasteiger partial charge on any atom is -0.486 e. The van der Waals surface area contributed by atoms with E-state index in [0.717, 1.165) is 35.7 Å². The molecule has 210 valence electrons. The first-order valence-electron chi connectivity index (χ1n) is 13.1. The lowest BCUT2D eigenvalue weighted by Gasteiger charge is -2.23. The van der Waals surface area contributed by atoms with Crippen molar-refractivity contribution in [1.82, 2.24) is 19.7 Å². The van der Waals surface area contributed by atoms with Gasteiger partial charge in [0.2, 0.25) is 0 Å². The van der Waals surface area contributed by atoms with Crippen molar-refractivity contribution in [2.45, 2.75) is 64.9 Å². The average Bonchev–Trinajstić information content (AvgIpc) is 3.27. The van der Waals surface area contributed by atoms with Crippen molar-refractivity contribution in [3.8, 4) is 17.0 Å². The summed E-state index contributed by atoms with van der Waals surface area (Å²) in [5.74, 6) is 0.974. The Balaban J connectivity index is 1.52. The maximum absolute atomic E-state index is 12.4. The van der Waals surface area contributed by atoms with Gasteiger partial charge in [-0.15, -0.1) is 0 Å². The van der Waals surface area contributed by atoms with E-state index >= 15 is 0 Å². The number of hydrogen-bond acceptors (Lipinski definition) is 7. The zero-order valence-electron chi connectivity index (χ0n) is 22.8. The Hall–Kier alpha value is -3.40. The van der Waals surface area contributed by atoms with Crippen molar-refractivity contribution in [1.29, 1.82) is 0 Å². The Bertz CT molecular complexity index is 1510. The predicted molar refractivity (Wildman–Crippen MR) is 155 cm³/mol. The summed E-state index contributed by atoms with van der Waals surface area (Å²) in [7, 11) is 0. The van der Waals surface area contributed by atoms with Gasteiger partial charge in [-0.3, -0.25) is 10.3 Å². The third kappa shape index (κ3) is 6.32. The Kier molecular flexibility index (Phi) is 8.16. The lowest BCUT2D eigenvalue weighted by molar-refractivity contribution is -0.0365. The minimum atomic E-state index is -0.630. The summed E-state index contributed by atoms with van der Waals surface area (Å²) in [4.78, 5) is 20.7. The zero-order chi connectivity index (χ0) is 28.4. The van der Waals surface area contributed by atoms with Gasteiger partial charge in [0.05, 0.1) is 15.6 Å². The van der Waals surface area contributed by atoms with Crippen LogP contribution in [0.1, 0.15) is 64.9 Å². The van der Waals surface area contributed by atoms with Gasteiger partial charge in [-0.05, 0) is 77.3 Å². The van der Waals surface area contributed by atoms with E-state index in [-0.39, 0.29) is 6.23 Å². The van der Waals surface area contributed by atoms with E-state index < -0.39 is 17.8 Å². The number of amides is 1. The molecule has 2 atom stereocenters. The number of nitrogens with one attached hydrogen (secondary N) is 1. The van der Waals surface area contributed by atoms with Crippen LogP contribution in [0.5, 0.6) is 5.75 Å². The summed E-state index contributed by atoms with van der Waals surface area (Å²) in [5, 5.41) is 9.42. The van der Waals surface area contributed by atoms with Crippen LogP contribution in [0.3, 0.4) is 0 Å². The molecule has 0 saturated carbocycles. The van der Waals surface area contributed by atoms with Crippen molar-refractivity contribution < 1.29 is 19.0 Å². The Labute approximate surface area is 242 Å². The molecule has 0 spiro atoms. The van der Waals surface area contributed by atoms with Gasteiger partial charge in [-0.25, -0.2) is 14.5 Å². The van der Waals surface area contributed by atoms with Gasteiger partial charge in [-0.2, -0.15) is 5.10 Å². The third-order valence-electron chi connectivity index (χ3n) is 6.38. The Morgan fingerprint density at radius 1 is 1.15 bits per heavy atom. The van der Waals surface area contributed by atoms with Crippen molar-refractivity contribution in [3.05, 3.63) is 64.5 Å². The fourth-order valence-electron chi connectivity index (χ4n) is 4.67. The van der Waals surface area contributed by atoms with Crippen LogP contribution in [0, 0.1) is 0 Å². The first kappa shape index (κ1) is 28.1. The van der Waals surface area contributed by atoms with Gasteiger partial charge in [0.25, 0.3) is 0 Å².